The molecule has 0 aliphatic heterocycles. The molecule has 5 nitrogen and oxygen atoms in total. The van der Waals surface area contributed by atoms with E-state index in [0.29, 0.717) is 5.75 Å². The summed E-state index contributed by atoms with van der Waals surface area (Å²) in [6.07, 6.45) is -0.738. The molecule has 6 heteroatoms. The van der Waals surface area contributed by atoms with Crippen LogP contribution < -0.4 is 9.47 Å². The summed E-state index contributed by atoms with van der Waals surface area (Å²) in [5.41, 5.74) is 0. The quantitative estimate of drug-likeness (QED) is 0.239. The van der Waals surface area contributed by atoms with Crippen molar-refractivity contribution < 1.29 is 23.7 Å². The molecule has 0 radical (unpaired) electrons. The van der Waals surface area contributed by atoms with Gasteiger partial charge in [0.2, 0.25) is 0 Å². The first-order chi connectivity index (χ1) is 11.4. The van der Waals surface area contributed by atoms with Gasteiger partial charge in [0.15, 0.2) is 6.79 Å². The number of carbonyl (C=O) groups excluding carboxylic acids is 1. The lowest BCUT2D eigenvalue weighted by atomic mass is 10.1. The van der Waals surface area contributed by atoms with Crippen LogP contribution in [0.15, 0.2) is 36.4 Å². The van der Waals surface area contributed by atoms with Crippen LogP contribution >= 0.6 is 0 Å². The number of fused-ring (bicyclic) bond motifs is 1. The highest BCUT2D eigenvalue weighted by Gasteiger charge is 2.12. The first-order valence-corrected chi connectivity index (χ1v) is 11.6. The highest BCUT2D eigenvalue weighted by molar-refractivity contribution is 6.76. The van der Waals surface area contributed by atoms with Crippen molar-refractivity contribution in [3.8, 4) is 11.5 Å². The normalized spacial score (nSPS) is 11.3. The highest BCUT2D eigenvalue weighted by atomic mass is 28.3. The Morgan fingerprint density at radius 3 is 2.62 bits per heavy atom. The summed E-state index contributed by atoms with van der Waals surface area (Å²) in [5.74, 6) is 1.17. The first-order valence-electron chi connectivity index (χ1n) is 7.88. The predicted octanol–water partition coefficient (Wildman–Crippen LogP) is 4.68. The first kappa shape index (κ1) is 18.3. The molecule has 2 aromatic rings. The Balaban J connectivity index is 1.99. The molecule has 0 spiro atoms. The van der Waals surface area contributed by atoms with Crippen LogP contribution in [0.1, 0.15) is 0 Å². The Morgan fingerprint density at radius 2 is 1.92 bits per heavy atom. The molecule has 0 heterocycles. The van der Waals surface area contributed by atoms with Crippen molar-refractivity contribution in [3.63, 3.8) is 0 Å². The number of carbonyl (C=O) groups is 1. The maximum absolute atomic E-state index is 11.2. The van der Waals surface area contributed by atoms with Gasteiger partial charge in [-0.25, -0.2) is 4.79 Å². The molecule has 0 unspecified atom stereocenters. The fraction of sp³-hybridized carbons (Fsp3) is 0.389. The van der Waals surface area contributed by atoms with Crippen molar-refractivity contribution in [3.05, 3.63) is 36.4 Å². The van der Waals surface area contributed by atoms with Gasteiger partial charge in [0, 0.05) is 20.1 Å². The monoisotopic (exact) mass is 348 g/mol. The average molecular weight is 348 g/mol. The summed E-state index contributed by atoms with van der Waals surface area (Å²) in [6, 6.07) is 12.2. The molecule has 2 aromatic carbocycles. The third-order valence-electron chi connectivity index (χ3n) is 3.47. The van der Waals surface area contributed by atoms with E-state index in [9.17, 15) is 4.79 Å². The Hall–Kier alpha value is -2.05. The number of methoxy groups -OCH3 is 1. The van der Waals surface area contributed by atoms with E-state index < -0.39 is 14.2 Å². The Bertz CT molecular complexity index is 693. The van der Waals surface area contributed by atoms with Crippen LogP contribution in [0.4, 0.5) is 4.79 Å². The number of hydrogen-bond acceptors (Lipinski definition) is 5. The lowest BCUT2D eigenvalue weighted by molar-refractivity contribution is 0.0230. The molecule has 24 heavy (non-hydrogen) atoms. The van der Waals surface area contributed by atoms with Gasteiger partial charge >= 0.3 is 6.16 Å². The topological polar surface area (TPSA) is 54.0 Å². The zero-order valence-corrected chi connectivity index (χ0v) is 15.6. The Labute approximate surface area is 143 Å². The lowest BCUT2D eigenvalue weighted by Gasteiger charge is -2.16. The molecule has 0 aromatic heterocycles. The van der Waals surface area contributed by atoms with Gasteiger partial charge in [0.25, 0.3) is 0 Å². The second kappa shape index (κ2) is 8.17. The molecule has 0 amide bonds. The molecule has 2 rings (SSSR count). The molecule has 0 fully saturated rings. The van der Waals surface area contributed by atoms with Crippen molar-refractivity contribution in [1.29, 1.82) is 0 Å². The molecule has 0 atom stereocenters. The summed E-state index contributed by atoms with van der Waals surface area (Å²) in [4.78, 5) is 11.2. The maximum atomic E-state index is 11.2. The second-order valence-electron chi connectivity index (χ2n) is 6.68. The molecule has 0 aliphatic rings. The predicted molar refractivity (Wildman–Crippen MR) is 96.6 cm³/mol. The fourth-order valence-corrected chi connectivity index (χ4v) is 2.86. The van der Waals surface area contributed by atoms with E-state index in [4.69, 9.17) is 14.2 Å². The van der Waals surface area contributed by atoms with E-state index in [1.165, 1.54) is 7.11 Å². The van der Waals surface area contributed by atoms with Crippen LogP contribution in [0.3, 0.4) is 0 Å². The van der Waals surface area contributed by atoms with Crippen molar-refractivity contribution in [1.82, 2.24) is 0 Å². The van der Waals surface area contributed by atoms with Crippen LogP contribution in [0, 0.1) is 0 Å². The van der Waals surface area contributed by atoms with Gasteiger partial charge < -0.3 is 18.9 Å². The fourth-order valence-electron chi connectivity index (χ4n) is 2.10. The average Bonchev–Trinajstić information content (AvgIpc) is 2.53. The van der Waals surface area contributed by atoms with E-state index in [0.717, 1.165) is 29.2 Å². The van der Waals surface area contributed by atoms with Crippen LogP contribution in [-0.2, 0) is 9.47 Å². The van der Waals surface area contributed by atoms with E-state index in [1.54, 1.807) is 12.1 Å². The summed E-state index contributed by atoms with van der Waals surface area (Å²) < 4.78 is 20.8. The van der Waals surface area contributed by atoms with Crippen molar-refractivity contribution in [2.24, 2.45) is 0 Å². The van der Waals surface area contributed by atoms with Crippen LogP contribution in [0.5, 0.6) is 11.5 Å². The van der Waals surface area contributed by atoms with E-state index in [-0.39, 0.29) is 6.79 Å². The van der Waals surface area contributed by atoms with Crippen molar-refractivity contribution in [2.45, 2.75) is 25.7 Å². The van der Waals surface area contributed by atoms with Gasteiger partial charge in [-0.15, -0.1) is 0 Å². The minimum Gasteiger partial charge on any atom is -0.467 e. The Morgan fingerprint density at radius 1 is 1.12 bits per heavy atom. The standard InChI is InChI=1S/C18H24O5Si/c1-20-18(19)23-15-8-9-16-14(12-15)6-5-7-17(16)22-13-21-10-11-24(2,3)4/h5-9,12H,10-11,13H2,1-4H3. The zero-order chi connectivity index (χ0) is 17.6. The second-order valence-corrected chi connectivity index (χ2v) is 12.3. The molecule has 0 N–H and O–H groups in total. The van der Waals surface area contributed by atoms with Crippen LogP contribution in [-0.4, -0.2) is 34.7 Å². The molecule has 0 saturated carbocycles. The minimum absolute atomic E-state index is 0.226. The molecule has 130 valence electrons. The summed E-state index contributed by atoms with van der Waals surface area (Å²) in [6.45, 7) is 7.89. The van der Waals surface area contributed by atoms with Gasteiger partial charge in [0.1, 0.15) is 11.5 Å². The van der Waals surface area contributed by atoms with E-state index in [2.05, 4.69) is 24.4 Å². The third-order valence-corrected chi connectivity index (χ3v) is 5.18. The summed E-state index contributed by atoms with van der Waals surface area (Å²) in [7, 11) is 0.190. The van der Waals surface area contributed by atoms with Gasteiger partial charge in [-0.3, -0.25) is 0 Å². The Kier molecular flexibility index (Phi) is 6.22. The smallest absolute Gasteiger partial charge is 0.467 e. The minimum atomic E-state index is -1.09. The maximum Gasteiger partial charge on any atom is 0.513 e. The third kappa shape index (κ3) is 5.54. The lowest BCUT2D eigenvalue weighted by Crippen LogP contribution is -2.22. The molecule has 0 saturated heterocycles. The molecular formula is C18H24O5Si. The SMILES string of the molecule is COC(=O)Oc1ccc2c(OCOCC[Si](C)(C)C)cccc2c1. The van der Waals surface area contributed by atoms with Gasteiger partial charge in [-0.1, -0.05) is 31.8 Å². The van der Waals surface area contributed by atoms with Crippen molar-refractivity contribution in [2.75, 3.05) is 20.5 Å². The van der Waals surface area contributed by atoms with Crippen LogP contribution in [0.25, 0.3) is 10.8 Å². The van der Waals surface area contributed by atoms with E-state index >= 15 is 0 Å². The van der Waals surface area contributed by atoms with Gasteiger partial charge in [0.05, 0.1) is 7.11 Å². The molecule has 0 aliphatic carbocycles. The molecular weight excluding hydrogens is 324 g/mol. The number of rotatable bonds is 7. The van der Waals surface area contributed by atoms with Crippen molar-refractivity contribution >= 4 is 25.0 Å². The largest absolute Gasteiger partial charge is 0.513 e. The number of ether oxygens (including phenoxy) is 4. The highest BCUT2D eigenvalue weighted by Crippen LogP contribution is 2.29. The van der Waals surface area contributed by atoms with Gasteiger partial charge in [-0.2, -0.15) is 0 Å². The zero-order valence-electron chi connectivity index (χ0n) is 14.6. The summed E-state index contributed by atoms with van der Waals surface area (Å²) in [5, 5.41) is 1.85. The summed E-state index contributed by atoms with van der Waals surface area (Å²) >= 11 is 0. The van der Waals surface area contributed by atoms with Crippen LogP contribution in [0.2, 0.25) is 25.7 Å². The van der Waals surface area contributed by atoms with E-state index in [1.807, 2.05) is 24.3 Å². The number of hydrogen-bond donors (Lipinski definition) is 0. The number of benzene rings is 2. The molecule has 0 bridgehead atoms. The van der Waals surface area contributed by atoms with Gasteiger partial charge in [-0.05, 0) is 35.7 Å².